The molecular formula is C12H24N2. The first-order chi connectivity index (χ1) is 6.68. The highest BCUT2D eigenvalue weighted by Gasteiger charge is 2.33. The van der Waals surface area contributed by atoms with Gasteiger partial charge < -0.3 is 10.2 Å². The summed E-state index contributed by atoms with van der Waals surface area (Å²) >= 11 is 0. The summed E-state index contributed by atoms with van der Waals surface area (Å²) in [5, 5.41) is 3.55. The molecule has 1 atom stereocenters. The van der Waals surface area contributed by atoms with Crippen molar-refractivity contribution < 1.29 is 0 Å². The van der Waals surface area contributed by atoms with Crippen molar-refractivity contribution in [1.82, 2.24) is 10.2 Å². The van der Waals surface area contributed by atoms with Gasteiger partial charge in [-0.1, -0.05) is 13.3 Å². The normalized spacial score (nSPS) is 33.4. The van der Waals surface area contributed by atoms with Crippen LogP contribution in [0, 0.1) is 5.41 Å². The summed E-state index contributed by atoms with van der Waals surface area (Å²) in [4.78, 5) is 2.67. The molecule has 0 aromatic heterocycles. The number of nitrogens with one attached hydrogen (secondary N) is 1. The molecule has 1 aliphatic carbocycles. The Labute approximate surface area is 88.1 Å². The summed E-state index contributed by atoms with van der Waals surface area (Å²) < 4.78 is 0. The van der Waals surface area contributed by atoms with Crippen molar-refractivity contribution in [3.05, 3.63) is 0 Å². The van der Waals surface area contributed by atoms with Gasteiger partial charge in [0.15, 0.2) is 0 Å². The van der Waals surface area contributed by atoms with Gasteiger partial charge in [0.2, 0.25) is 0 Å². The predicted octanol–water partition coefficient (Wildman–Crippen LogP) is 1.86. The fourth-order valence-electron chi connectivity index (χ4n) is 2.82. The zero-order chi connectivity index (χ0) is 10.0. The molecule has 1 aliphatic heterocycles. The van der Waals surface area contributed by atoms with Crippen molar-refractivity contribution in [2.75, 3.05) is 26.2 Å². The van der Waals surface area contributed by atoms with E-state index < -0.39 is 0 Å². The van der Waals surface area contributed by atoms with E-state index in [0.29, 0.717) is 11.5 Å². The number of hydrogen-bond donors (Lipinski definition) is 1. The Balaban J connectivity index is 1.83. The molecule has 1 heterocycles. The first-order valence-electron chi connectivity index (χ1n) is 6.14. The molecule has 0 spiro atoms. The summed E-state index contributed by atoms with van der Waals surface area (Å²) in [6, 6.07) is 0.682. The van der Waals surface area contributed by atoms with E-state index in [0.717, 1.165) is 0 Å². The lowest BCUT2D eigenvalue weighted by Gasteiger charge is -2.42. The van der Waals surface area contributed by atoms with Gasteiger partial charge in [-0.25, -0.2) is 0 Å². The van der Waals surface area contributed by atoms with Crippen LogP contribution in [0.2, 0.25) is 0 Å². The van der Waals surface area contributed by atoms with E-state index in [2.05, 4.69) is 24.1 Å². The molecule has 1 saturated heterocycles. The molecule has 0 aromatic rings. The highest BCUT2D eigenvalue weighted by atomic mass is 15.2. The van der Waals surface area contributed by atoms with E-state index >= 15 is 0 Å². The Bertz CT molecular complexity index is 187. The number of rotatable bonds is 2. The maximum absolute atomic E-state index is 3.55. The van der Waals surface area contributed by atoms with E-state index in [9.17, 15) is 0 Å². The van der Waals surface area contributed by atoms with Crippen molar-refractivity contribution in [1.29, 1.82) is 0 Å². The highest BCUT2D eigenvalue weighted by molar-refractivity contribution is 4.87. The quantitative estimate of drug-likeness (QED) is 0.725. The van der Waals surface area contributed by atoms with Crippen LogP contribution >= 0.6 is 0 Å². The van der Waals surface area contributed by atoms with E-state index in [-0.39, 0.29) is 0 Å². The molecule has 0 aromatic carbocycles. The van der Waals surface area contributed by atoms with Gasteiger partial charge >= 0.3 is 0 Å². The zero-order valence-electron chi connectivity index (χ0n) is 9.68. The van der Waals surface area contributed by atoms with Crippen LogP contribution in [-0.4, -0.2) is 37.1 Å². The third-order valence-electron chi connectivity index (χ3n) is 3.84. The molecule has 2 nitrogen and oxygen atoms in total. The lowest BCUT2D eigenvalue weighted by atomic mass is 9.70. The van der Waals surface area contributed by atoms with Gasteiger partial charge in [0.05, 0.1) is 0 Å². The van der Waals surface area contributed by atoms with E-state index in [4.69, 9.17) is 0 Å². The molecule has 1 N–H and O–H groups in total. The van der Waals surface area contributed by atoms with Crippen molar-refractivity contribution >= 4 is 0 Å². The molecule has 2 fully saturated rings. The van der Waals surface area contributed by atoms with Crippen LogP contribution in [0.1, 0.15) is 39.5 Å². The van der Waals surface area contributed by atoms with Gasteiger partial charge in [0.25, 0.3) is 0 Å². The zero-order valence-corrected chi connectivity index (χ0v) is 9.68. The Morgan fingerprint density at radius 1 is 1.36 bits per heavy atom. The van der Waals surface area contributed by atoms with Gasteiger partial charge in [-0.3, -0.25) is 0 Å². The third kappa shape index (κ3) is 2.48. The minimum atomic E-state index is 0.657. The van der Waals surface area contributed by atoms with Crippen LogP contribution in [0.15, 0.2) is 0 Å². The smallest absolute Gasteiger partial charge is 0.0166 e. The molecule has 1 saturated carbocycles. The van der Waals surface area contributed by atoms with Crippen molar-refractivity contribution in [3.63, 3.8) is 0 Å². The van der Waals surface area contributed by atoms with E-state index in [1.165, 1.54) is 51.9 Å². The molecule has 0 bridgehead atoms. The summed E-state index contributed by atoms with van der Waals surface area (Å²) in [6.45, 7) is 9.84. The van der Waals surface area contributed by atoms with Crippen molar-refractivity contribution in [2.45, 2.75) is 45.6 Å². The Morgan fingerprint density at radius 3 is 2.79 bits per heavy atom. The van der Waals surface area contributed by atoms with Crippen LogP contribution in [0.25, 0.3) is 0 Å². The summed E-state index contributed by atoms with van der Waals surface area (Å²) in [6.07, 6.45) is 5.68. The van der Waals surface area contributed by atoms with Crippen LogP contribution in [-0.2, 0) is 0 Å². The topological polar surface area (TPSA) is 15.3 Å². The molecule has 2 heteroatoms. The van der Waals surface area contributed by atoms with Crippen LogP contribution < -0.4 is 5.32 Å². The highest BCUT2D eigenvalue weighted by Crippen LogP contribution is 2.40. The molecule has 2 rings (SSSR count). The fourth-order valence-corrected chi connectivity index (χ4v) is 2.82. The number of hydrogen-bond acceptors (Lipinski definition) is 2. The lowest BCUT2D eigenvalue weighted by Crippen LogP contribution is -2.43. The fraction of sp³-hybridized carbons (Fsp3) is 1.00. The van der Waals surface area contributed by atoms with Gasteiger partial charge in [0, 0.05) is 19.1 Å². The van der Waals surface area contributed by atoms with Crippen LogP contribution in [0.5, 0.6) is 0 Å². The minimum absolute atomic E-state index is 0.657. The average molecular weight is 196 g/mol. The van der Waals surface area contributed by atoms with Gasteiger partial charge in [-0.05, 0) is 44.7 Å². The largest absolute Gasteiger partial charge is 0.313 e. The molecule has 0 radical (unpaired) electrons. The predicted molar refractivity (Wildman–Crippen MR) is 60.5 cm³/mol. The van der Waals surface area contributed by atoms with E-state index in [1.807, 2.05) is 0 Å². The van der Waals surface area contributed by atoms with Crippen molar-refractivity contribution in [3.8, 4) is 0 Å². The maximum Gasteiger partial charge on any atom is 0.0166 e. The van der Waals surface area contributed by atoms with Gasteiger partial charge in [-0.2, -0.15) is 0 Å². The third-order valence-corrected chi connectivity index (χ3v) is 3.84. The molecule has 0 amide bonds. The van der Waals surface area contributed by atoms with Crippen LogP contribution in [0.4, 0.5) is 0 Å². The second kappa shape index (κ2) is 4.19. The summed E-state index contributed by atoms with van der Waals surface area (Å²) in [5.74, 6) is 0. The Morgan fingerprint density at radius 2 is 2.14 bits per heavy atom. The SMILES string of the molecule is CC1CN(CC2(C)CCC2)CCCN1. The summed E-state index contributed by atoms with van der Waals surface area (Å²) in [7, 11) is 0. The first-order valence-corrected chi connectivity index (χ1v) is 6.14. The van der Waals surface area contributed by atoms with Crippen molar-refractivity contribution in [2.24, 2.45) is 5.41 Å². The van der Waals surface area contributed by atoms with E-state index in [1.54, 1.807) is 0 Å². The molecule has 1 unspecified atom stereocenters. The lowest BCUT2D eigenvalue weighted by molar-refractivity contribution is 0.0851. The second-order valence-corrected chi connectivity index (χ2v) is 5.61. The second-order valence-electron chi connectivity index (χ2n) is 5.61. The Kier molecular flexibility index (Phi) is 3.13. The standard InChI is InChI=1S/C12H24N2/c1-11-9-14(8-4-7-13-11)10-12(2)5-3-6-12/h11,13H,3-10H2,1-2H3. The molecule has 14 heavy (non-hydrogen) atoms. The average Bonchev–Trinajstić information content (AvgIpc) is 2.27. The van der Waals surface area contributed by atoms with Gasteiger partial charge in [0.1, 0.15) is 0 Å². The minimum Gasteiger partial charge on any atom is -0.313 e. The maximum atomic E-state index is 3.55. The molecule has 82 valence electrons. The molecule has 2 aliphatic rings. The summed E-state index contributed by atoms with van der Waals surface area (Å²) in [5.41, 5.74) is 0.657. The van der Waals surface area contributed by atoms with Crippen LogP contribution in [0.3, 0.4) is 0 Å². The van der Waals surface area contributed by atoms with Gasteiger partial charge in [-0.15, -0.1) is 0 Å². The molecular weight excluding hydrogens is 172 g/mol. The Hall–Kier alpha value is -0.0800. The number of nitrogens with zero attached hydrogens (tertiary/aromatic N) is 1. The first kappa shape index (κ1) is 10.4. The monoisotopic (exact) mass is 196 g/mol.